The van der Waals surface area contributed by atoms with Gasteiger partial charge in [-0.2, -0.15) is 12.7 Å². The van der Waals surface area contributed by atoms with E-state index in [9.17, 15) is 27.0 Å². The molecule has 3 N–H and O–H groups in total. The Morgan fingerprint density at radius 3 is 2.30 bits per heavy atom. The van der Waals surface area contributed by atoms with Gasteiger partial charge in [-0.1, -0.05) is 60.7 Å². The van der Waals surface area contributed by atoms with Gasteiger partial charge in [0.1, 0.15) is 11.4 Å². The number of aromatic hydroxyl groups is 1. The van der Waals surface area contributed by atoms with Gasteiger partial charge in [-0.05, 0) is 53.6 Å². The van der Waals surface area contributed by atoms with E-state index in [0.29, 0.717) is 25.8 Å². The monoisotopic (exact) mass is 541 g/mol. The molecule has 9 nitrogen and oxygen atoms in total. The van der Waals surface area contributed by atoms with Crippen LogP contribution >= 0.6 is 0 Å². The van der Waals surface area contributed by atoms with Crippen LogP contribution in [0.15, 0.2) is 84.9 Å². The third-order valence-electron chi connectivity index (χ3n) is 6.63. The average molecular weight is 542 g/mol. The Morgan fingerprint density at radius 2 is 1.62 bits per heavy atom. The first kappa shape index (κ1) is 25.1. The summed E-state index contributed by atoms with van der Waals surface area (Å²) in [6.45, 7) is 0.301. The molecule has 3 aromatic carbocycles. The summed E-state index contributed by atoms with van der Waals surface area (Å²) in [4.78, 5) is 0. The molecule has 3 aromatic rings. The zero-order chi connectivity index (χ0) is 26.2. The molecular formula is C26H27N3O6S2. The number of benzene rings is 3. The zero-order valence-corrected chi connectivity index (χ0v) is 21.5. The lowest BCUT2D eigenvalue weighted by molar-refractivity contribution is 0.277. The lowest BCUT2D eigenvalue weighted by Gasteiger charge is -2.36. The fraction of sp³-hybridized carbons (Fsp3) is 0.231. The number of sulfonamides is 1. The van der Waals surface area contributed by atoms with Crippen LogP contribution in [0.5, 0.6) is 5.75 Å². The normalized spacial score (nSPS) is 19.2. The highest BCUT2D eigenvalue weighted by Gasteiger charge is 2.35. The van der Waals surface area contributed by atoms with Gasteiger partial charge in [0.05, 0.1) is 12.0 Å². The first-order valence-electron chi connectivity index (χ1n) is 11.8. The third-order valence-corrected chi connectivity index (χ3v) is 9.76. The van der Waals surface area contributed by atoms with Crippen molar-refractivity contribution in [2.75, 3.05) is 4.31 Å². The van der Waals surface area contributed by atoms with E-state index in [-0.39, 0.29) is 23.2 Å². The SMILES string of the molecule is O=S(=O)(Cc1ccccc1)N1Cc2ccccc2CC1CCc1ccc(N2C=C(O)NS2(=O)=O)c(O)c1. The van der Waals surface area contributed by atoms with E-state index in [0.717, 1.165) is 32.8 Å². The van der Waals surface area contributed by atoms with Crippen LogP contribution in [0.25, 0.3) is 0 Å². The largest absolute Gasteiger partial charge is 0.506 e. The Hall–Kier alpha value is -3.54. The maximum absolute atomic E-state index is 13.5. The quantitative estimate of drug-likeness (QED) is 0.421. The molecule has 5 rings (SSSR count). The van der Waals surface area contributed by atoms with Crippen molar-refractivity contribution >= 4 is 25.9 Å². The van der Waals surface area contributed by atoms with Crippen molar-refractivity contribution in [2.45, 2.75) is 37.6 Å². The second-order valence-electron chi connectivity index (χ2n) is 9.19. The minimum atomic E-state index is -4.02. The highest BCUT2D eigenvalue weighted by Crippen LogP contribution is 2.34. The first-order chi connectivity index (χ1) is 17.6. The lowest BCUT2D eigenvalue weighted by Crippen LogP contribution is -2.45. The maximum atomic E-state index is 13.5. The van der Waals surface area contributed by atoms with E-state index in [1.807, 2.05) is 47.2 Å². The molecule has 1 atom stereocenters. The predicted octanol–water partition coefficient (Wildman–Crippen LogP) is 3.29. The van der Waals surface area contributed by atoms with Crippen molar-refractivity contribution < 1.29 is 27.0 Å². The topological polar surface area (TPSA) is 127 Å². The Kier molecular flexibility index (Phi) is 6.61. The molecule has 0 aromatic heterocycles. The number of aryl methyl sites for hydroxylation is 1. The number of hydrogen-bond acceptors (Lipinski definition) is 6. The predicted molar refractivity (Wildman–Crippen MR) is 140 cm³/mol. The summed E-state index contributed by atoms with van der Waals surface area (Å²) in [5, 5.41) is 20.0. The summed E-state index contributed by atoms with van der Waals surface area (Å²) in [7, 11) is -7.63. The fourth-order valence-corrected chi connectivity index (χ4v) is 7.65. The number of phenols is 1. The van der Waals surface area contributed by atoms with Crippen molar-refractivity contribution in [2.24, 2.45) is 0 Å². The van der Waals surface area contributed by atoms with Crippen LogP contribution in [-0.4, -0.2) is 37.4 Å². The van der Waals surface area contributed by atoms with Crippen LogP contribution in [0.1, 0.15) is 28.7 Å². The second-order valence-corrected chi connectivity index (χ2v) is 12.7. The summed E-state index contributed by atoms with van der Waals surface area (Å²) < 4.78 is 55.6. The molecule has 194 valence electrons. The summed E-state index contributed by atoms with van der Waals surface area (Å²) in [5.74, 6) is -0.894. The minimum absolute atomic E-state index is 0.000964. The molecule has 2 aliphatic heterocycles. The number of aliphatic hydroxyl groups is 1. The van der Waals surface area contributed by atoms with E-state index in [1.165, 1.54) is 12.1 Å². The maximum Gasteiger partial charge on any atom is 0.330 e. The van der Waals surface area contributed by atoms with E-state index in [4.69, 9.17) is 0 Å². The molecule has 0 amide bonds. The molecule has 11 heteroatoms. The average Bonchev–Trinajstić information content (AvgIpc) is 3.14. The van der Waals surface area contributed by atoms with Gasteiger partial charge in [0.25, 0.3) is 0 Å². The molecule has 0 bridgehead atoms. The number of nitrogens with one attached hydrogen (secondary N) is 1. The van der Waals surface area contributed by atoms with Gasteiger partial charge in [-0.15, -0.1) is 0 Å². The highest BCUT2D eigenvalue weighted by atomic mass is 32.2. The molecule has 37 heavy (non-hydrogen) atoms. The number of phenolic OH excluding ortho intramolecular Hbond substituents is 1. The van der Waals surface area contributed by atoms with Gasteiger partial charge in [0, 0.05) is 12.6 Å². The van der Waals surface area contributed by atoms with Crippen LogP contribution in [-0.2, 0) is 45.4 Å². The number of aliphatic hydroxyl groups excluding tert-OH is 1. The van der Waals surface area contributed by atoms with E-state index < -0.39 is 26.1 Å². The van der Waals surface area contributed by atoms with Crippen LogP contribution in [0, 0.1) is 0 Å². The molecule has 0 radical (unpaired) electrons. The minimum Gasteiger partial charge on any atom is -0.506 e. The molecule has 0 saturated carbocycles. The Labute approximate surface area is 216 Å². The standard InChI is InChI=1S/C26H27N3O6S2/c30-25-14-19(11-13-24(25)29-17-26(31)27-37(29,34)35)10-12-23-15-21-8-4-5-9-22(21)16-28(23)36(32,33)18-20-6-2-1-3-7-20/h1-9,11,13-14,17,23,27,30-31H,10,12,15-16,18H2. The first-order valence-corrected chi connectivity index (χ1v) is 14.8. The molecule has 0 spiro atoms. The lowest BCUT2D eigenvalue weighted by atomic mass is 9.92. The number of nitrogens with zero attached hydrogens (tertiary/aromatic N) is 2. The van der Waals surface area contributed by atoms with Gasteiger partial charge in [-0.3, -0.25) is 0 Å². The summed E-state index contributed by atoms with van der Waals surface area (Å²) >= 11 is 0. The van der Waals surface area contributed by atoms with Gasteiger partial charge in [-0.25, -0.2) is 17.4 Å². The van der Waals surface area contributed by atoms with Gasteiger partial charge in [0.15, 0.2) is 0 Å². The number of hydrogen-bond donors (Lipinski definition) is 3. The van der Waals surface area contributed by atoms with Crippen LogP contribution in [0.3, 0.4) is 0 Å². The van der Waals surface area contributed by atoms with Crippen molar-refractivity contribution in [1.82, 2.24) is 9.03 Å². The summed E-state index contributed by atoms with van der Waals surface area (Å²) in [6.07, 6.45) is 2.55. The van der Waals surface area contributed by atoms with Gasteiger partial charge >= 0.3 is 10.2 Å². The molecule has 0 aliphatic carbocycles. The Balaban J connectivity index is 1.37. The van der Waals surface area contributed by atoms with Crippen LogP contribution in [0.4, 0.5) is 5.69 Å². The molecule has 1 unspecified atom stereocenters. The van der Waals surface area contributed by atoms with Crippen molar-refractivity contribution in [1.29, 1.82) is 0 Å². The highest BCUT2D eigenvalue weighted by molar-refractivity contribution is 7.91. The number of anilines is 1. The molecule has 2 aliphatic rings. The zero-order valence-electron chi connectivity index (χ0n) is 19.9. The Bertz CT molecular complexity index is 1560. The van der Waals surface area contributed by atoms with E-state index >= 15 is 0 Å². The Morgan fingerprint density at radius 1 is 0.919 bits per heavy atom. The molecule has 2 heterocycles. The smallest absolute Gasteiger partial charge is 0.330 e. The third kappa shape index (κ3) is 5.29. The second kappa shape index (κ2) is 9.73. The van der Waals surface area contributed by atoms with Crippen molar-refractivity contribution in [3.05, 3.63) is 107 Å². The summed E-state index contributed by atoms with van der Waals surface area (Å²) in [6, 6.07) is 21.3. The van der Waals surface area contributed by atoms with E-state index in [2.05, 4.69) is 0 Å². The van der Waals surface area contributed by atoms with Gasteiger partial charge < -0.3 is 10.2 Å². The molecular weight excluding hydrogens is 514 g/mol. The number of fused-ring (bicyclic) bond motifs is 1. The van der Waals surface area contributed by atoms with Crippen molar-refractivity contribution in [3.8, 4) is 5.75 Å². The molecule has 0 saturated heterocycles. The van der Waals surface area contributed by atoms with Crippen LogP contribution < -0.4 is 9.03 Å². The number of rotatable bonds is 7. The molecule has 0 fully saturated rings. The fourth-order valence-electron chi connectivity index (χ4n) is 4.83. The van der Waals surface area contributed by atoms with E-state index in [1.54, 1.807) is 22.5 Å². The van der Waals surface area contributed by atoms with Crippen molar-refractivity contribution in [3.63, 3.8) is 0 Å². The summed E-state index contributed by atoms with van der Waals surface area (Å²) in [5.41, 5.74) is 3.58. The van der Waals surface area contributed by atoms with Gasteiger partial charge in [0.2, 0.25) is 15.9 Å². The van der Waals surface area contributed by atoms with Crippen LogP contribution in [0.2, 0.25) is 0 Å².